The quantitative estimate of drug-likeness (QED) is 0.835. The van der Waals surface area contributed by atoms with Crippen LogP contribution in [0.1, 0.15) is 30.4 Å². The van der Waals surface area contributed by atoms with Crippen LogP contribution in [0.4, 0.5) is 0 Å². The molecule has 146 valence electrons. The molecule has 0 aromatic heterocycles. The van der Waals surface area contributed by atoms with E-state index in [-0.39, 0.29) is 30.3 Å². The second-order valence-electron chi connectivity index (χ2n) is 7.27. The molecule has 1 amide bonds. The highest BCUT2D eigenvalue weighted by Gasteiger charge is 2.35. The highest BCUT2D eigenvalue weighted by molar-refractivity contribution is 7.89. The number of halogens is 1. The summed E-state index contributed by atoms with van der Waals surface area (Å²) in [7, 11) is -3.52. The van der Waals surface area contributed by atoms with Gasteiger partial charge in [-0.3, -0.25) is 4.79 Å². The van der Waals surface area contributed by atoms with E-state index >= 15 is 0 Å². The second-order valence-corrected chi connectivity index (χ2v) is 9.17. The number of rotatable bonds is 3. The fraction of sp³-hybridized carbons (Fsp3) is 0.611. The summed E-state index contributed by atoms with van der Waals surface area (Å²) >= 11 is 0. The van der Waals surface area contributed by atoms with Crippen LogP contribution in [0, 0.1) is 19.8 Å². The van der Waals surface area contributed by atoms with Crippen LogP contribution in [0.3, 0.4) is 0 Å². The van der Waals surface area contributed by atoms with Gasteiger partial charge in [0, 0.05) is 38.1 Å². The molecule has 0 radical (unpaired) electrons. The van der Waals surface area contributed by atoms with Crippen molar-refractivity contribution in [3.05, 3.63) is 29.3 Å². The van der Waals surface area contributed by atoms with Gasteiger partial charge in [0.15, 0.2) is 0 Å². The van der Waals surface area contributed by atoms with Crippen LogP contribution < -0.4 is 5.73 Å². The first-order chi connectivity index (χ1) is 11.8. The van der Waals surface area contributed by atoms with Crippen molar-refractivity contribution in [3.8, 4) is 0 Å². The van der Waals surface area contributed by atoms with E-state index in [0.717, 1.165) is 30.4 Å². The molecule has 2 unspecified atom stereocenters. The van der Waals surface area contributed by atoms with Crippen LogP contribution in [0.5, 0.6) is 0 Å². The summed E-state index contributed by atoms with van der Waals surface area (Å²) in [6, 6.07) is 5.60. The number of carbonyl (C=O) groups excluding carboxylic acids is 1. The van der Waals surface area contributed by atoms with Crippen molar-refractivity contribution in [2.75, 3.05) is 26.2 Å². The molecule has 26 heavy (non-hydrogen) atoms. The Morgan fingerprint density at radius 2 is 1.77 bits per heavy atom. The maximum atomic E-state index is 12.9. The van der Waals surface area contributed by atoms with Crippen LogP contribution in [0.15, 0.2) is 23.1 Å². The standard InChI is InChI=1S/C18H27N3O3S.ClH/c1-13-3-4-14(2)17(11-13)25(23,24)21-9-7-20(8-10-21)18(22)15-5-6-16(19)12-15;/h3-4,11,15-16H,5-10,12,19H2,1-2H3;1H. The average molecular weight is 402 g/mol. The van der Waals surface area contributed by atoms with Crippen molar-refractivity contribution in [2.24, 2.45) is 11.7 Å². The lowest BCUT2D eigenvalue weighted by atomic mass is 10.1. The van der Waals surface area contributed by atoms with Gasteiger partial charge in [-0.05, 0) is 50.3 Å². The number of hydrogen-bond acceptors (Lipinski definition) is 4. The Kier molecular flexibility index (Phi) is 6.71. The van der Waals surface area contributed by atoms with E-state index in [1.165, 1.54) is 4.31 Å². The first kappa shape index (κ1) is 21.2. The Balaban J connectivity index is 0.00000243. The summed E-state index contributed by atoms with van der Waals surface area (Å²) < 4.78 is 27.4. The van der Waals surface area contributed by atoms with Crippen molar-refractivity contribution in [2.45, 2.75) is 44.0 Å². The Hall–Kier alpha value is -1.15. The maximum absolute atomic E-state index is 12.9. The number of aryl methyl sites for hydroxylation is 2. The third-order valence-corrected chi connectivity index (χ3v) is 7.37. The minimum absolute atomic E-state index is 0. The van der Waals surface area contributed by atoms with Crippen LogP contribution in [0.2, 0.25) is 0 Å². The van der Waals surface area contributed by atoms with Crippen molar-refractivity contribution in [3.63, 3.8) is 0 Å². The Morgan fingerprint density at radius 3 is 2.35 bits per heavy atom. The van der Waals surface area contributed by atoms with Gasteiger partial charge in [-0.15, -0.1) is 12.4 Å². The Labute approximate surface area is 162 Å². The third kappa shape index (κ3) is 4.22. The number of nitrogens with two attached hydrogens (primary N) is 1. The number of piperazine rings is 1. The third-order valence-electron chi connectivity index (χ3n) is 5.33. The normalized spacial score (nSPS) is 24.3. The van der Waals surface area contributed by atoms with Crippen LogP contribution in [0.25, 0.3) is 0 Å². The van der Waals surface area contributed by atoms with E-state index < -0.39 is 10.0 Å². The first-order valence-electron chi connectivity index (χ1n) is 8.91. The molecule has 6 nitrogen and oxygen atoms in total. The summed E-state index contributed by atoms with van der Waals surface area (Å²) in [4.78, 5) is 14.7. The zero-order valence-corrected chi connectivity index (χ0v) is 17.0. The maximum Gasteiger partial charge on any atom is 0.243 e. The van der Waals surface area contributed by atoms with Crippen molar-refractivity contribution >= 4 is 28.3 Å². The van der Waals surface area contributed by atoms with Gasteiger partial charge < -0.3 is 10.6 Å². The van der Waals surface area contributed by atoms with Gasteiger partial charge in [-0.25, -0.2) is 8.42 Å². The number of benzene rings is 1. The number of sulfonamides is 1. The molecule has 8 heteroatoms. The molecule has 1 aliphatic carbocycles. The van der Waals surface area contributed by atoms with Gasteiger partial charge in [0.05, 0.1) is 4.90 Å². The molecule has 2 fully saturated rings. The largest absolute Gasteiger partial charge is 0.340 e. The van der Waals surface area contributed by atoms with E-state index in [2.05, 4.69) is 0 Å². The monoisotopic (exact) mass is 401 g/mol. The number of hydrogen-bond donors (Lipinski definition) is 1. The van der Waals surface area contributed by atoms with Crippen molar-refractivity contribution in [1.82, 2.24) is 9.21 Å². The minimum Gasteiger partial charge on any atom is -0.340 e. The topological polar surface area (TPSA) is 83.7 Å². The first-order valence-corrected chi connectivity index (χ1v) is 10.3. The molecule has 1 saturated heterocycles. The van der Waals surface area contributed by atoms with E-state index in [1.807, 2.05) is 26.0 Å². The molecule has 1 saturated carbocycles. The molecular weight excluding hydrogens is 374 g/mol. The molecule has 1 aromatic carbocycles. The van der Waals surface area contributed by atoms with Crippen molar-refractivity contribution in [1.29, 1.82) is 0 Å². The van der Waals surface area contributed by atoms with E-state index in [1.54, 1.807) is 11.0 Å². The van der Waals surface area contributed by atoms with Gasteiger partial charge in [0.1, 0.15) is 0 Å². The molecule has 0 spiro atoms. The molecule has 2 N–H and O–H groups in total. The number of amides is 1. The van der Waals surface area contributed by atoms with E-state index in [4.69, 9.17) is 5.73 Å². The lowest BCUT2D eigenvalue weighted by Crippen LogP contribution is -2.51. The molecule has 1 aromatic rings. The van der Waals surface area contributed by atoms with Crippen LogP contribution in [-0.4, -0.2) is 55.8 Å². The summed E-state index contributed by atoms with van der Waals surface area (Å²) in [5, 5.41) is 0. The molecule has 1 aliphatic heterocycles. The summed E-state index contributed by atoms with van der Waals surface area (Å²) in [6.45, 7) is 5.31. The molecule has 1 heterocycles. The predicted octanol–water partition coefficient (Wildman–Crippen LogP) is 1.69. The van der Waals surface area contributed by atoms with Crippen molar-refractivity contribution < 1.29 is 13.2 Å². The summed E-state index contributed by atoms with van der Waals surface area (Å²) in [5.41, 5.74) is 7.58. The number of carbonyl (C=O) groups is 1. The molecule has 2 aliphatic rings. The summed E-state index contributed by atoms with van der Waals surface area (Å²) in [6.07, 6.45) is 2.50. The Morgan fingerprint density at radius 1 is 1.12 bits per heavy atom. The fourth-order valence-electron chi connectivity index (χ4n) is 3.77. The lowest BCUT2D eigenvalue weighted by molar-refractivity contribution is -0.136. The van der Waals surface area contributed by atoms with Gasteiger partial charge in [0.2, 0.25) is 15.9 Å². The molecule has 0 bridgehead atoms. The lowest BCUT2D eigenvalue weighted by Gasteiger charge is -2.35. The van der Waals surface area contributed by atoms with Gasteiger partial charge >= 0.3 is 0 Å². The van der Waals surface area contributed by atoms with Gasteiger partial charge in [0.25, 0.3) is 0 Å². The number of nitrogens with zero attached hydrogens (tertiary/aromatic N) is 2. The van der Waals surface area contributed by atoms with Crippen LogP contribution in [-0.2, 0) is 14.8 Å². The molecule has 3 rings (SSSR count). The van der Waals surface area contributed by atoms with E-state index in [9.17, 15) is 13.2 Å². The molecule has 2 atom stereocenters. The summed E-state index contributed by atoms with van der Waals surface area (Å²) in [5.74, 6) is 0.147. The minimum atomic E-state index is -3.52. The zero-order chi connectivity index (χ0) is 18.2. The SMILES string of the molecule is Cc1ccc(C)c(S(=O)(=O)N2CCN(C(=O)C3CCC(N)C3)CC2)c1.Cl. The smallest absolute Gasteiger partial charge is 0.243 e. The predicted molar refractivity (Wildman–Crippen MR) is 104 cm³/mol. The highest BCUT2D eigenvalue weighted by atomic mass is 35.5. The van der Waals surface area contributed by atoms with E-state index in [0.29, 0.717) is 31.1 Å². The van der Waals surface area contributed by atoms with Gasteiger partial charge in [-0.1, -0.05) is 12.1 Å². The fourth-order valence-corrected chi connectivity index (χ4v) is 5.50. The van der Waals surface area contributed by atoms with Crippen LogP contribution >= 0.6 is 12.4 Å². The second kappa shape index (κ2) is 8.25. The zero-order valence-electron chi connectivity index (χ0n) is 15.3. The molecular formula is C18H28ClN3O3S. The Bertz CT molecular complexity index is 761. The highest BCUT2D eigenvalue weighted by Crippen LogP contribution is 2.27. The van der Waals surface area contributed by atoms with Gasteiger partial charge in [-0.2, -0.15) is 4.31 Å². The average Bonchev–Trinajstić information content (AvgIpc) is 3.03.